The van der Waals surface area contributed by atoms with Crippen molar-refractivity contribution in [1.29, 1.82) is 0 Å². The van der Waals surface area contributed by atoms with Crippen molar-refractivity contribution in [3.8, 4) is 0 Å². The van der Waals surface area contributed by atoms with Crippen LogP contribution in [0, 0.1) is 0 Å². The van der Waals surface area contributed by atoms with Gasteiger partial charge in [-0.05, 0) is 32.4 Å². The van der Waals surface area contributed by atoms with Gasteiger partial charge in [0.1, 0.15) is 18.0 Å². The standard InChI is InChI=1S/C13H23N5/c1-9(2)11-12(14)16-8-17-13(11)15-7-10-5-4-6-18(10)3/h8-10H,4-7H2,1-3H3,(H3,14,15,16,17). The lowest BCUT2D eigenvalue weighted by Crippen LogP contribution is -2.32. The highest BCUT2D eigenvalue weighted by Gasteiger charge is 2.21. The molecule has 1 saturated heterocycles. The number of aromatic nitrogens is 2. The van der Waals surface area contributed by atoms with Gasteiger partial charge in [-0.2, -0.15) is 0 Å². The normalized spacial score (nSPS) is 20.6. The third-order valence-corrected chi connectivity index (χ3v) is 3.67. The number of rotatable bonds is 4. The summed E-state index contributed by atoms with van der Waals surface area (Å²) in [5, 5.41) is 3.44. The molecule has 1 aliphatic heterocycles. The van der Waals surface area contributed by atoms with Crippen LogP contribution in [0.1, 0.15) is 38.2 Å². The molecule has 0 radical (unpaired) electrons. The quantitative estimate of drug-likeness (QED) is 0.850. The molecule has 1 aliphatic rings. The van der Waals surface area contributed by atoms with E-state index < -0.39 is 0 Å². The molecule has 0 saturated carbocycles. The monoisotopic (exact) mass is 249 g/mol. The average molecular weight is 249 g/mol. The molecule has 1 fully saturated rings. The highest BCUT2D eigenvalue weighted by Crippen LogP contribution is 2.26. The van der Waals surface area contributed by atoms with E-state index in [-0.39, 0.29) is 0 Å². The number of anilines is 2. The van der Waals surface area contributed by atoms with Crippen LogP contribution in [0.3, 0.4) is 0 Å². The molecule has 5 nitrogen and oxygen atoms in total. The van der Waals surface area contributed by atoms with Crippen molar-refractivity contribution < 1.29 is 0 Å². The van der Waals surface area contributed by atoms with Gasteiger partial charge in [0.25, 0.3) is 0 Å². The number of likely N-dealkylation sites (N-methyl/N-ethyl adjacent to an activating group) is 1. The molecule has 0 aliphatic carbocycles. The van der Waals surface area contributed by atoms with Gasteiger partial charge in [-0.15, -0.1) is 0 Å². The van der Waals surface area contributed by atoms with Crippen LogP contribution in [0.2, 0.25) is 0 Å². The Hall–Kier alpha value is -1.36. The number of hydrogen-bond acceptors (Lipinski definition) is 5. The lowest BCUT2D eigenvalue weighted by Gasteiger charge is -2.21. The van der Waals surface area contributed by atoms with Crippen molar-refractivity contribution in [3.63, 3.8) is 0 Å². The van der Waals surface area contributed by atoms with Gasteiger partial charge >= 0.3 is 0 Å². The maximum Gasteiger partial charge on any atom is 0.135 e. The van der Waals surface area contributed by atoms with Gasteiger partial charge in [-0.25, -0.2) is 9.97 Å². The molecular weight excluding hydrogens is 226 g/mol. The zero-order valence-corrected chi connectivity index (χ0v) is 11.5. The first kappa shape index (κ1) is 13.1. The summed E-state index contributed by atoms with van der Waals surface area (Å²) in [7, 11) is 2.18. The van der Waals surface area contributed by atoms with Crippen LogP contribution in [-0.4, -0.2) is 41.0 Å². The first-order valence-corrected chi connectivity index (χ1v) is 6.64. The number of likely N-dealkylation sites (tertiary alicyclic amines) is 1. The summed E-state index contributed by atoms with van der Waals surface area (Å²) in [6.45, 7) is 6.34. The third kappa shape index (κ3) is 2.72. The van der Waals surface area contributed by atoms with Crippen molar-refractivity contribution in [1.82, 2.24) is 14.9 Å². The minimum Gasteiger partial charge on any atom is -0.383 e. The maximum absolute atomic E-state index is 5.93. The third-order valence-electron chi connectivity index (χ3n) is 3.67. The molecule has 2 rings (SSSR count). The summed E-state index contributed by atoms with van der Waals surface area (Å²) >= 11 is 0. The van der Waals surface area contributed by atoms with Gasteiger partial charge in [0, 0.05) is 18.2 Å². The Labute approximate surface area is 109 Å². The minimum absolute atomic E-state index is 0.329. The molecule has 18 heavy (non-hydrogen) atoms. The van der Waals surface area contributed by atoms with Crippen LogP contribution >= 0.6 is 0 Å². The lowest BCUT2D eigenvalue weighted by atomic mass is 10.0. The Kier molecular flexibility index (Phi) is 4.01. The van der Waals surface area contributed by atoms with Crippen LogP contribution in [0.4, 0.5) is 11.6 Å². The molecule has 0 amide bonds. The van der Waals surface area contributed by atoms with Crippen molar-refractivity contribution in [2.45, 2.75) is 38.6 Å². The molecule has 100 valence electrons. The summed E-state index contributed by atoms with van der Waals surface area (Å²) in [5.74, 6) is 1.80. The van der Waals surface area contributed by atoms with Crippen LogP contribution in [0.15, 0.2) is 6.33 Å². The van der Waals surface area contributed by atoms with Crippen LogP contribution in [0.5, 0.6) is 0 Å². The Balaban J connectivity index is 2.07. The highest BCUT2D eigenvalue weighted by atomic mass is 15.2. The zero-order valence-electron chi connectivity index (χ0n) is 11.5. The molecule has 1 unspecified atom stereocenters. The number of nitrogen functional groups attached to an aromatic ring is 1. The SMILES string of the molecule is CC(C)c1c(N)ncnc1NCC1CCCN1C. The van der Waals surface area contributed by atoms with Gasteiger partial charge in [-0.3, -0.25) is 0 Å². The first-order valence-electron chi connectivity index (χ1n) is 6.64. The topological polar surface area (TPSA) is 67.1 Å². The van der Waals surface area contributed by atoms with Gasteiger partial charge < -0.3 is 16.0 Å². The summed E-state index contributed by atoms with van der Waals surface area (Å²) in [5.41, 5.74) is 6.96. The van der Waals surface area contributed by atoms with Gasteiger partial charge in [0.15, 0.2) is 0 Å². The van der Waals surface area contributed by atoms with Crippen LogP contribution in [-0.2, 0) is 0 Å². The van der Waals surface area contributed by atoms with Crippen molar-refractivity contribution in [2.24, 2.45) is 0 Å². The number of hydrogen-bond donors (Lipinski definition) is 2. The molecule has 2 heterocycles. The fourth-order valence-corrected chi connectivity index (χ4v) is 2.57. The van der Waals surface area contributed by atoms with Gasteiger partial charge in [0.2, 0.25) is 0 Å². The predicted molar refractivity (Wildman–Crippen MR) is 74.7 cm³/mol. The summed E-state index contributed by atoms with van der Waals surface area (Å²) in [4.78, 5) is 10.8. The maximum atomic E-state index is 5.93. The molecule has 1 aromatic rings. The number of nitrogens with zero attached hydrogens (tertiary/aromatic N) is 3. The molecule has 1 atom stereocenters. The fraction of sp³-hybridized carbons (Fsp3) is 0.692. The van der Waals surface area contributed by atoms with Crippen molar-refractivity contribution >= 4 is 11.6 Å². The lowest BCUT2D eigenvalue weighted by molar-refractivity contribution is 0.322. The highest BCUT2D eigenvalue weighted by molar-refractivity contribution is 5.56. The molecule has 0 spiro atoms. The number of nitrogens with one attached hydrogen (secondary N) is 1. The van der Waals surface area contributed by atoms with E-state index in [1.165, 1.54) is 25.7 Å². The van der Waals surface area contributed by atoms with Crippen LogP contribution < -0.4 is 11.1 Å². The predicted octanol–water partition coefficient (Wildman–Crippen LogP) is 1.69. The zero-order chi connectivity index (χ0) is 13.1. The molecule has 3 N–H and O–H groups in total. The smallest absolute Gasteiger partial charge is 0.135 e. The van der Waals surface area contributed by atoms with Crippen molar-refractivity contribution in [2.75, 3.05) is 31.2 Å². The van der Waals surface area contributed by atoms with E-state index in [2.05, 4.69) is 41.1 Å². The van der Waals surface area contributed by atoms with Crippen molar-refractivity contribution in [3.05, 3.63) is 11.9 Å². The second-order valence-electron chi connectivity index (χ2n) is 5.33. The van der Waals surface area contributed by atoms with E-state index in [1.807, 2.05) is 0 Å². The molecular formula is C13H23N5. The Morgan fingerprint density at radius 2 is 2.28 bits per heavy atom. The largest absolute Gasteiger partial charge is 0.383 e. The fourth-order valence-electron chi connectivity index (χ4n) is 2.57. The van der Waals surface area contributed by atoms with Gasteiger partial charge in [-0.1, -0.05) is 13.8 Å². The van der Waals surface area contributed by atoms with E-state index in [4.69, 9.17) is 5.73 Å². The molecule has 0 bridgehead atoms. The second kappa shape index (κ2) is 5.52. The van der Waals surface area contributed by atoms with E-state index >= 15 is 0 Å². The average Bonchev–Trinajstić information content (AvgIpc) is 2.71. The van der Waals surface area contributed by atoms with E-state index in [0.717, 1.165) is 17.9 Å². The molecule has 0 aromatic carbocycles. The first-order chi connectivity index (χ1) is 8.59. The Morgan fingerprint density at radius 3 is 2.89 bits per heavy atom. The summed E-state index contributed by atoms with van der Waals surface area (Å²) in [6, 6.07) is 0.598. The second-order valence-corrected chi connectivity index (χ2v) is 5.33. The summed E-state index contributed by atoms with van der Waals surface area (Å²) < 4.78 is 0. The Bertz CT molecular complexity index is 404. The van der Waals surface area contributed by atoms with Gasteiger partial charge in [0.05, 0.1) is 0 Å². The molecule has 1 aromatic heterocycles. The van der Waals surface area contributed by atoms with E-state index in [1.54, 1.807) is 0 Å². The summed E-state index contributed by atoms with van der Waals surface area (Å²) in [6.07, 6.45) is 4.06. The minimum atomic E-state index is 0.329. The number of nitrogens with two attached hydrogens (primary N) is 1. The van der Waals surface area contributed by atoms with E-state index in [9.17, 15) is 0 Å². The van der Waals surface area contributed by atoms with E-state index in [0.29, 0.717) is 17.8 Å². The Morgan fingerprint density at radius 1 is 1.50 bits per heavy atom. The van der Waals surface area contributed by atoms with Crippen LogP contribution in [0.25, 0.3) is 0 Å². The molecule has 5 heteroatoms.